The molecule has 1 aromatic rings. The maximum atomic E-state index is 12.3. The maximum absolute atomic E-state index is 12.3. The van der Waals surface area contributed by atoms with Crippen molar-refractivity contribution in [2.45, 2.75) is 31.3 Å². The van der Waals surface area contributed by atoms with Crippen LogP contribution in [0.3, 0.4) is 0 Å². The molecule has 2 rings (SSSR count). The minimum absolute atomic E-state index is 0. The molecule has 0 aliphatic carbocycles. The van der Waals surface area contributed by atoms with Crippen molar-refractivity contribution in [2.75, 3.05) is 20.2 Å². The molecule has 1 saturated heterocycles. The Bertz CT molecular complexity index is 532. The van der Waals surface area contributed by atoms with E-state index in [-0.39, 0.29) is 30.6 Å². The van der Waals surface area contributed by atoms with Crippen LogP contribution >= 0.6 is 12.4 Å². The molecule has 24 heavy (non-hydrogen) atoms. The molecule has 9 heteroatoms. The van der Waals surface area contributed by atoms with E-state index in [9.17, 15) is 18.0 Å². The van der Waals surface area contributed by atoms with Crippen LogP contribution in [0.25, 0.3) is 0 Å². The normalized spacial score (nSPS) is 16.8. The molecule has 0 radical (unpaired) electrons. The van der Waals surface area contributed by atoms with Crippen molar-refractivity contribution >= 4 is 18.3 Å². The van der Waals surface area contributed by atoms with E-state index in [0.717, 1.165) is 0 Å². The van der Waals surface area contributed by atoms with E-state index in [0.29, 0.717) is 31.5 Å². The molecule has 0 aromatic heterocycles. The summed E-state index contributed by atoms with van der Waals surface area (Å²) in [7, 11) is 1.51. The second-order valence-corrected chi connectivity index (χ2v) is 5.32. The zero-order valence-corrected chi connectivity index (χ0v) is 13.9. The number of halogens is 4. The van der Waals surface area contributed by atoms with Gasteiger partial charge in [0, 0.05) is 13.7 Å². The number of alkyl halides is 3. The number of nitrogens with one attached hydrogen (secondary N) is 2. The lowest BCUT2D eigenvalue weighted by Crippen LogP contribution is -2.53. The van der Waals surface area contributed by atoms with Crippen molar-refractivity contribution in [3.63, 3.8) is 0 Å². The first kappa shape index (κ1) is 20.5. The van der Waals surface area contributed by atoms with E-state index in [1.807, 2.05) is 0 Å². The maximum Gasteiger partial charge on any atom is 0.573 e. The fourth-order valence-electron chi connectivity index (χ4n) is 2.51. The Morgan fingerprint density at radius 1 is 1.25 bits per heavy atom. The predicted octanol–water partition coefficient (Wildman–Crippen LogP) is 2.39. The minimum atomic E-state index is -4.71. The first-order chi connectivity index (χ1) is 10.8. The van der Waals surface area contributed by atoms with Crippen molar-refractivity contribution < 1.29 is 27.4 Å². The quantitative estimate of drug-likeness (QED) is 0.838. The molecule has 1 heterocycles. The van der Waals surface area contributed by atoms with Gasteiger partial charge in [-0.15, -0.1) is 25.6 Å². The predicted molar refractivity (Wildman–Crippen MR) is 84.1 cm³/mol. The van der Waals surface area contributed by atoms with Crippen LogP contribution in [0.1, 0.15) is 18.4 Å². The second kappa shape index (κ2) is 8.55. The highest BCUT2D eigenvalue weighted by Crippen LogP contribution is 2.24. The molecule has 136 valence electrons. The summed E-state index contributed by atoms with van der Waals surface area (Å²) < 4.78 is 45.5. The lowest BCUT2D eigenvalue weighted by molar-refractivity contribution is -0.274. The van der Waals surface area contributed by atoms with Crippen molar-refractivity contribution in [1.29, 1.82) is 0 Å². The van der Waals surface area contributed by atoms with Gasteiger partial charge in [0.25, 0.3) is 5.91 Å². The molecule has 0 atom stereocenters. The summed E-state index contributed by atoms with van der Waals surface area (Å²) in [6.45, 7) is 1.61. The molecule has 5 nitrogen and oxygen atoms in total. The van der Waals surface area contributed by atoms with Crippen molar-refractivity contribution in [1.82, 2.24) is 10.6 Å². The molecule has 2 N–H and O–H groups in total. The molecule has 1 aliphatic heterocycles. The zero-order valence-electron chi connectivity index (χ0n) is 13.1. The Hall–Kier alpha value is -1.51. The van der Waals surface area contributed by atoms with Gasteiger partial charge in [-0.1, -0.05) is 12.1 Å². The molecule has 0 saturated carbocycles. The van der Waals surface area contributed by atoms with Crippen LogP contribution in [0.4, 0.5) is 13.2 Å². The van der Waals surface area contributed by atoms with Crippen LogP contribution in [0.5, 0.6) is 5.75 Å². The number of methoxy groups -OCH3 is 1. The molecule has 1 fully saturated rings. The standard InChI is InChI=1S/C15H19F3N2O3.ClH/c1-22-14(6-8-19-9-7-14)13(21)20-10-11-2-4-12(5-3-11)23-15(16,17)18;/h2-5,19H,6-10H2,1H3,(H,20,21);1H. The van der Waals surface area contributed by atoms with Gasteiger partial charge in [-0.05, 0) is 43.6 Å². The molecule has 0 bridgehead atoms. The van der Waals surface area contributed by atoms with Crippen LogP contribution in [-0.2, 0) is 16.1 Å². The number of carbonyl (C=O) groups excluding carboxylic acids is 1. The monoisotopic (exact) mass is 368 g/mol. The highest BCUT2D eigenvalue weighted by atomic mass is 35.5. The van der Waals surface area contributed by atoms with Crippen LogP contribution in [-0.4, -0.2) is 38.1 Å². The smallest absolute Gasteiger partial charge is 0.406 e. The Balaban J connectivity index is 0.00000288. The van der Waals surface area contributed by atoms with Gasteiger partial charge in [0.2, 0.25) is 0 Å². The third-order valence-corrected chi connectivity index (χ3v) is 3.83. The lowest BCUT2D eigenvalue weighted by atomic mass is 9.91. The topological polar surface area (TPSA) is 59.6 Å². The average molecular weight is 369 g/mol. The number of carbonyl (C=O) groups is 1. The fourth-order valence-corrected chi connectivity index (χ4v) is 2.51. The van der Waals surface area contributed by atoms with Crippen LogP contribution in [0.15, 0.2) is 24.3 Å². The van der Waals surface area contributed by atoms with E-state index in [1.165, 1.54) is 31.4 Å². The molecule has 1 aromatic carbocycles. The summed E-state index contributed by atoms with van der Waals surface area (Å²) in [6.07, 6.45) is -3.56. The van der Waals surface area contributed by atoms with Crippen LogP contribution < -0.4 is 15.4 Å². The fraction of sp³-hybridized carbons (Fsp3) is 0.533. The SMILES string of the molecule is COC1(C(=O)NCc2ccc(OC(F)(F)F)cc2)CCNCC1.Cl. The Morgan fingerprint density at radius 2 is 1.83 bits per heavy atom. The highest BCUT2D eigenvalue weighted by molar-refractivity contribution is 5.85. The number of piperidine rings is 1. The number of amides is 1. The first-order valence-electron chi connectivity index (χ1n) is 7.23. The zero-order chi connectivity index (χ0) is 16.9. The van der Waals surface area contributed by atoms with Gasteiger partial charge >= 0.3 is 6.36 Å². The van der Waals surface area contributed by atoms with Gasteiger partial charge < -0.3 is 20.1 Å². The molecule has 1 aliphatic rings. The Labute approximate surface area is 144 Å². The van der Waals surface area contributed by atoms with E-state index in [1.54, 1.807) is 0 Å². The van der Waals surface area contributed by atoms with Gasteiger partial charge in [-0.3, -0.25) is 4.79 Å². The second-order valence-electron chi connectivity index (χ2n) is 5.32. The Kier molecular flexibility index (Phi) is 7.31. The summed E-state index contributed by atoms with van der Waals surface area (Å²) in [4.78, 5) is 12.3. The van der Waals surface area contributed by atoms with E-state index >= 15 is 0 Å². The number of hydrogen-bond donors (Lipinski definition) is 2. The number of hydrogen-bond acceptors (Lipinski definition) is 4. The van der Waals surface area contributed by atoms with Gasteiger partial charge in [-0.25, -0.2) is 0 Å². The lowest BCUT2D eigenvalue weighted by Gasteiger charge is -2.34. The Morgan fingerprint density at radius 3 is 2.33 bits per heavy atom. The van der Waals surface area contributed by atoms with Crippen molar-refractivity contribution in [2.24, 2.45) is 0 Å². The third kappa shape index (κ3) is 5.54. The van der Waals surface area contributed by atoms with Gasteiger partial charge in [-0.2, -0.15) is 0 Å². The largest absolute Gasteiger partial charge is 0.573 e. The molecule has 0 spiro atoms. The third-order valence-electron chi connectivity index (χ3n) is 3.83. The van der Waals surface area contributed by atoms with Crippen LogP contribution in [0, 0.1) is 0 Å². The number of ether oxygens (including phenoxy) is 2. The molecule has 1 amide bonds. The minimum Gasteiger partial charge on any atom is -0.406 e. The van der Waals surface area contributed by atoms with E-state index in [2.05, 4.69) is 15.4 Å². The number of rotatable bonds is 5. The van der Waals surface area contributed by atoms with E-state index in [4.69, 9.17) is 4.74 Å². The number of benzene rings is 1. The summed E-state index contributed by atoms with van der Waals surface area (Å²) in [6, 6.07) is 5.38. The molecule has 0 unspecified atom stereocenters. The van der Waals surface area contributed by atoms with Gasteiger partial charge in [0.15, 0.2) is 0 Å². The molecular weight excluding hydrogens is 349 g/mol. The average Bonchev–Trinajstić information content (AvgIpc) is 2.53. The summed E-state index contributed by atoms with van der Waals surface area (Å²) in [5.74, 6) is -0.503. The van der Waals surface area contributed by atoms with Gasteiger partial charge in [0.05, 0.1) is 0 Å². The summed E-state index contributed by atoms with van der Waals surface area (Å²) in [5, 5.41) is 5.93. The highest BCUT2D eigenvalue weighted by Gasteiger charge is 2.39. The van der Waals surface area contributed by atoms with Crippen molar-refractivity contribution in [3.05, 3.63) is 29.8 Å². The summed E-state index contributed by atoms with van der Waals surface area (Å²) in [5.41, 5.74) is -0.169. The van der Waals surface area contributed by atoms with Crippen molar-refractivity contribution in [3.8, 4) is 5.75 Å². The van der Waals surface area contributed by atoms with Gasteiger partial charge in [0.1, 0.15) is 11.4 Å². The summed E-state index contributed by atoms with van der Waals surface area (Å²) >= 11 is 0. The van der Waals surface area contributed by atoms with Crippen LogP contribution in [0.2, 0.25) is 0 Å². The van der Waals surface area contributed by atoms with E-state index < -0.39 is 12.0 Å². The first-order valence-corrected chi connectivity index (χ1v) is 7.23. The molecular formula is C15H20ClF3N2O3.